The summed E-state index contributed by atoms with van der Waals surface area (Å²) in [5, 5.41) is 18.9. The van der Waals surface area contributed by atoms with E-state index < -0.39 is 5.97 Å². The lowest BCUT2D eigenvalue weighted by Crippen LogP contribution is -2.45. The van der Waals surface area contributed by atoms with Crippen LogP contribution in [0.25, 0.3) is 0 Å². The molecule has 2 N–H and O–H groups in total. The Morgan fingerprint density at radius 2 is 1.50 bits per heavy atom. The number of phenols is 1. The Morgan fingerprint density at radius 1 is 1.00 bits per heavy atom. The van der Waals surface area contributed by atoms with Gasteiger partial charge in [0.2, 0.25) is 5.91 Å². The van der Waals surface area contributed by atoms with E-state index in [9.17, 15) is 14.7 Å². The minimum atomic E-state index is -0.744. The molecule has 2 aliphatic heterocycles. The predicted molar refractivity (Wildman–Crippen MR) is 117 cm³/mol. The lowest BCUT2D eigenvalue weighted by molar-refractivity contribution is -0.138. The van der Waals surface area contributed by atoms with Gasteiger partial charge in [-0.3, -0.25) is 14.5 Å². The molecule has 1 aromatic carbocycles. The van der Waals surface area contributed by atoms with Crippen molar-refractivity contribution in [2.45, 2.75) is 52.9 Å². The molecule has 0 aliphatic carbocycles. The van der Waals surface area contributed by atoms with Gasteiger partial charge in [-0.2, -0.15) is 0 Å². The van der Waals surface area contributed by atoms with E-state index in [1.807, 2.05) is 42.7 Å². The zero-order valence-electron chi connectivity index (χ0n) is 18.6. The number of aliphatic carboxylic acids is 1. The third kappa shape index (κ3) is 5.54. The van der Waals surface area contributed by atoms with Gasteiger partial charge in [0, 0.05) is 19.0 Å². The van der Waals surface area contributed by atoms with Crippen molar-refractivity contribution < 1.29 is 19.8 Å². The highest BCUT2D eigenvalue weighted by molar-refractivity contribution is 5.79. The molecule has 1 amide bonds. The number of carbonyl (C=O) groups is 2. The second-order valence-corrected chi connectivity index (χ2v) is 9.35. The predicted octanol–water partition coefficient (Wildman–Crippen LogP) is 3.22. The number of hydrogen-bond acceptors (Lipinski definition) is 4. The zero-order chi connectivity index (χ0) is 21.8. The molecule has 6 nitrogen and oxygen atoms in total. The number of rotatable bonds is 6. The Morgan fingerprint density at radius 3 is 2.00 bits per heavy atom. The molecule has 166 valence electrons. The number of phenolic OH excluding ortho intramolecular Hbond substituents is 1. The molecule has 0 saturated carbocycles. The Hall–Kier alpha value is -2.08. The van der Waals surface area contributed by atoms with E-state index in [2.05, 4.69) is 0 Å². The van der Waals surface area contributed by atoms with E-state index in [-0.39, 0.29) is 18.4 Å². The topological polar surface area (TPSA) is 81.1 Å². The van der Waals surface area contributed by atoms with E-state index in [4.69, 9.17) is 5.11 Å². The van der Waals surface area contributed by atoms with Crippen LogP contribution in [0.5, 0.6) is 5.75 Å². The van der Waals surface area contributed by atoms with Crippen molar-refractivity contribution in [3.8, 4) is 5.75 Å². The average Bonchev–Trinajstić information content (AvgIpc) is 2.71. The molecule has 30 heavy (non-hydrogen) atoms. The first-order valence-electron chi connectivity index (χ1n) is 11.3. The summed E-state index contributed by atoms with van der Waals surface area (Å²) in [5.74, 6) is 1.07. The van der Waals surface area contributed by atoms with Crippen LogP contribution in [0.2, 0.25) is 0 Å². The lowest BCUT2D eigenvalue weighted by atomic mass is 9.78. The standard InChI is InChI=1S/C24H36N2O4/c1-16-12-19(13-17(2)23(16)29)14-18(3)24(30)26-10-6-21(7-11-26)20-4-8-25(9-5-20)15-22(27)28/h12-13,18,20-21,29H,4-11,14-15H2,1-3H3,(H,27,28)/t18-/m1/s1. The first kappa shape index (κ1) is 22.6. The highest BCUT2D eigenvalue weighted by Crippen LogP contribution is 2.33. The van der Waals surface area contributed by atoms with Crippen LogP contribution in [0.3, 0.4) is 0 Å². The Bertz CT molecular complexity index is 739. The highest BCUT2D eigenvalue weighted by Gasteiger charge is 2.32. The van der Waals surface area contributed by atoms with Crippen LogP contribution in [-0.2, 0) is 16.0 Å². The molecule has 6 heteroatoms. The van der Waals surface area contributed by atoms with E-state index in [1.165, 1.54) is 0 Å². The number of aryl methyl sites for hydroxylation is 2. The van der Waals surface area contributed by atoms with E-state index in [0.29, 0.717) is 24.0 Å². The minimum Gasteiger partial charge on any atom is -0.507 e. The van der Waals surface area contributed by atoms with Gasteiger partial charge in [0.15, 0.2) is 0 Å². The lowest BCUT2D eigenvalue weighted by Gasteiger charge is -2.40. The summed E-state index contributed by atoms with van der Waals surface area (Å²) in [4.78, 5) is 27.9. The van der Waals surface area contributed by atoms with Gasteiger partial charge in [-0.15, -0.1) is 0 Å². The largest absolute Gasteiger partial charge is 0.507 e. The summed E-state index contributed by atoms with van der Waals surface area (Å²) in [7, 11) is 0. The zero-order valence-corrected chi connectivity index (χ0v) is 18.6. The molecule has 0 aromatic heterocycles. The SMILES string of the molecule is Cc1cc(C[C@@H](C)C(=O)N2CCC(C3CCN(CC(=O)O)CC3)CC2)cc(C)c1O. The monoisotopic (exact) mass is 416 g/mol. The Kier molecular flexibility index (Phi) is 7.40. The van der Waals surface area contributed by atoms with Gasteiger partial charge < -0.3 is 15.1 Å². The van der Waals surface area contributed by atoms with E-state index in [1.54, 1.807) is 0 Å². The van der Waals surface area contributed by atoms with Crippen LogP contribution in [0, 0.1) is 31.6 Å². The summed E-state index contributed by atoms with van der Waals surface area (Å²) in [6, 6.07) is 3.96. The molecule has 1 atom stereocenters. The van der Waals surface area contributed by atoms with E-state index in [0.717, 1.165) is 68.6 Å². The van der Waals surface area contributed by atoms with Gasteiger partial charge in [-0.25, -0.2) is 0 Å². The van der Waals surface area contributed by atoms with Crippen molar-refractivity contribution in [3.05, 3.63) is 28.8 Å². The molecule has 2 aliphatic rings. The molecular formula is C24H36N2O4. The summed E-state index contributed by atoms with van der Waals surface area (Å²) in [6.45, 7) is 9.36. The van der Waals surface area contributed by atoms with Crippen molar-refractivity contribution in [1.29, 1.82) is 0 Å². The number of nitrogens with zero attached hydrogens (tertiary/aromatic N) is 2. The molecule has 2 heterocycles. The maximum atomic E-state index is 13.0. The minimum absolute atomic E-state index is 0.0656. The average molecular weight is 417 g/mol. The fourth-order valence-electron chi connectivity index (χ4n) is 5.28. The normalized spacial score (nSPS) is 20.3. The molecule has 2 fully saturated rings. The summed E-state index contributed by atoms with van der Waals surface area (Å²) >= 11 is 0. The third-order valence-corrected chi connectivity index (χ3v) is 7.02. The number of hydrogen-bond donors (Lipinski definition) is 2. The van der Waals surface area contributed by atoms with Crippen LogP contribution in [-0.4, -0.2) is 64.6 Å². The van der Waals surface area contributed by atoms with Crippen molar-refractivity contribution in [2.75, 3.05) is 32.7 Å². The molecule has 0 unspecified atom stereocenters. The van der Waals surface area contributed by atoms with Crippen molar-refractivity contribution in [1.82, 2.24) is 9.80 Å². The summed E-state index contributed by atoms with van der Waals surface area (Å²) < 4.78 is 0. The maximum Gasteiger partial charge on any atom is 0.317 e. The number of carbonyl (C=O) groups excluding carboxylic acids is 1. The van der Waals surface area contributed by atoms with Crippen molar-refractivity contribution in [2.24, 2.45) is 17.8 Å². The van der Waals surface area contributed by atoms with Crippen molar-refractivity contribution in [3.63, 3.8) is 0 Å². The van der Waals surface area contributed by atoms with Crippen molar-refractivity contribution >= 4 is 11.9 Å². The second kappa shape index (κ2) is 9.82. The number of benzene rings is 1. The van der Waals surface area contributed by atoms with Crippen LogP contribution in [0.1, 0.15) is 49.3 Å². The number of piperidine rings is 2. The fourth-order valence-corrected chi connectivity index (χ4v) is 5.28. The molecule has 3 rings (SSSR count). The maximum absolute atomic E-state index is 13.0. The van der Waals surface area contributed by atoms with Gasteiger partial charge in [-0.1, -0.05) is 19.1 Å². The van der Waals surface area contributed by atoms with E-state index >= 15 is 0 Å². The van der Waals surface area contributed by atoms with Gasteiger partial charge >= 0.3 is 5.97 Å². The fraction of sp³-hybridized carbons (Fsp3) is 0.667. The van der Waals surface area contributed by atoms with Crippen LogP contribution in [0.15, 0.2) is 12.1 Å². The summed E-state index contributed by atoms with van der Waals surface area (Å²) in [5.41, 5.74) is 2.83. The quantitative estimate of drug-likeness (QED) is 0.744. The van der Waals surface area contributed by atoms with Crippen LogP contribution in [0.4, 0.5) is 0 Å². The van der Waals surface area contributed by atoms with Crippen LogP contribution >= 0.6 is 0 Å². The van der Waals surface area contributed by atoms with Gasteiger partial charge in [0.25, 0.3) is 0 Å². The number of aromatic hydroxyl groups is 1. The number of carboxylic acid groups (broad SMARTS) is 1. The molecular weight excluding hydrogens is 380 g/mol. The number of likely N-dealkylation sites (tertiary alicyclic amines) is 2. The summed E-state index contributed by atoms with van der Waals surface area (Å²) in [6.07, 6.45) is 4.95. The Balaban J connectivity index is 1.46. The second-order valence-electron chi connectivity index (χ2n) is 9.35. The van der Waals surface area contributed by atoms with Gasteiger partial charge in [0.1, 0.15) is 5.75 Å². The van der Waals surface area contributed by atoms with Gasteiger partial charge in [-0.05, 0) is 87.6 Å². The highest BCUT2D eigenvalue weighted by atomic mass is 16.4. The molecule has 0 radical (unpaired) electrons. The number of amides is 1. The molecule has 0 bridgehead atoms. The molecule has 2 saturated heterocycles. The van der Waals surface area contributed by atoms with Crippen LogP contribution < -0.4 is 0 Å². The molecule has 1 aromatic rings. The van der Waals surface area contributed by atoms with Gasteiger partial charge in [0.05, 0.1) is 6.54 Å². The first-order chi connectivity index (χ1) is 14.2. The third-order valence-electron chi connectivity index (χ3n) is 7.02. The Labute approximate surface area is 179 Å². The first-order valence-corrected chi connectivity index (χ1v) is 11.3. The molecule has 0 spiro atoms. The number of carboxylic acids is 1. The smallest absolute Gasteiger partial charge is 0.317 e.